The molecule has 1 saturated heterocycles. The summed E-state index contributed by atoms with van der Waals surface area (Å²) in [4.78, 5) is 19.8. The van der Waals surface area contributed by atoms with Gasteiger partial charge in [-0.25, -0.2) is 4.99 Å². The van der Waals surface area contributed by atoms with Gasteiger partial charge in [-0.3, -0.25) is 4.79 Å². The molecule has 7 heteroatoms. The van der Waals surface area contributed by atoms with Gasteiger partial charge in [0.1, 0.15) is 6.54 Å². The Balaban J connectivity index is 0.00000441. The van der Waals surface area contributed by atoms with E-state index in [0.717, 1.165) is 51.5 Å². The largest absolute Gasteiger partial charge is 0.381 e. The number of nitrogens with zero attached hydrogens (tertiary/aromatic N) is 3. The number of aliphatic imine (C=N–C) groups is 1. The molecule has 0 radical (unpaired) electrons. The standard InChI is InChI=1S/C15H30N4O2.HI/c1-5-6-8-19(4)15(17-11-14(20)18(2)3)16-10-13-7-9-21-12-13;/h13H,5-12H2,1-4H3,(H,16,17);1H. The van der Waals surface area contributed by atoms with Crippen LogP contribution in [0.25, 0.3) is 0 Å². The summed E-state index contributed by atoms with van der Waals surface area (Å²) in [5.41, 5.74) is 0. The van der Waals surface area contributed by atoms with Crippen molar-refractivity contribution >= 4 is 35.8 Å². The number of amides is 1. The molecule has 1 aliphatic heterocycles. The monoisotopic (exact) mass is 426 g/mol. The van der Waals surface area contributed by atoms with Gasteiger partial charge in [-0.05, 0) is 12.8 Å². The van der Waals surface area contributed by atoms with Crippen molar-refractivity contribution in [3.63, 3.8) is 0 Å². The molecule has 130 valence electrons. The van der Waals surface area contributed by atoms with Crippen molar-refractivity contribution in [1.82, 2.24) is 15.1 Å². The predicted molar refractivity (Wildman–Crippen MR) is 101 cm³/mol. The molecular weight excluding hydrogens is 395 g/mol. The van der Waals surface area contributed by atoms with Crippen LogP contribution in [-0.2, 0) is 9.53 Å². The van der Waals surface area contributed by atoms with E-state index in [1.165, 1.54) is 0 Å². The van der Waals surface area contributed by atoms with Crippen LogP contribution in [-0.4, -0.2) is 75.7 Å². The van der Waals surface area contributed by atoms with Crippen LogP contribution in [0.1, 0.15) is 26.2 Å². The molecule has 0 spiro atoms. The van der Waals surface area contributed by atoms with E-state index in [4.69, 9.17) is 4.74 Å². The zero-order valence-corrected chi connectivity index (χ0v) is 16.6. The molecule has 0 aliphatic carbocycles. The van der Waals surface area contributed by atoms with Crippen LogP contribution < -0.4 is 5.32 Å². The van der Waals surface area contributed by atoms with Gasteiger partial charge in [0.15, 0.2) is 5.96 Å². The summed E-state index contributed by atoms with van der Waals surface area (Å²) >= 11 is 0. The lowest BCUT2D eigenvalue weighted by Gasteiger charge is -2.23. The minimum atomic E-state index is 0. The smallest absolute Gasteiger partial charge is 0.243 e. The number of hydrogen-bond acceptors (Lipinski definition) is 3. The molecular formula is C15H31IN4O2. The third-order valence-corrected chi connectivity index (χ3v) is 3.64. The third kappa shape index (κ3) is 8.17. The molecule has 0 aromatic heterocycles. The normalized spacial score (nSPS) is 17.8. The maximum absolute atomic E-state index is 11.7. The van der Waals surface area contributed by atoms with Crippen molar-refractivity contribution in [2.45, 2.75) is 26.2 Å². The number of nitrogens with one attached hydrogen (secondary N) is 1. The fraction of sp³-hybridized carbons (Fsp3) is 0.867. The first-order valence-electron chi connectivity index (χ1n) is 7.82. The van der Waals surface area contributed by atoms with Crippen molar-refractivity contribution in [2.24, 2.45) is 10.9 Å². The zero-order valence-electron chi connectivity index (χ0n) is 14.3. The van der Waals surface area contributed by atoms with E-state index < -0.39 is 0 Å². The van der Waals surface area contributed by atoms with E-state index in [-0.39, 0.29) is 36.4 Å². The number of halogens is 1. The number of rotatable bonds is 7. The Morgan fingerprint density at radius 3 is 2.64 bits per heavy atom. The zero-order chi connectivity index (χ0) is 15.7. The van der Waals surface area contributed by atoms with Crippen LogP contribution in [0.3, 0.4) is 0 Å². The van der Waals surface area contributed by atoms with Gasteiger partial charge >= 0.3 is 0 Å². The van der Waals surface area contributed by atoms with Crippen molar-refractivity contribution in [1.29, 1.82) is 0 Å². The van der Waals surface area contributed by atoms with Crippen LogP contribution in [0, 0.1) is 5.92 Å². The molecule has 1 aliphatic rings. The summed E-state index contributed by atoms with van der Waals surface area (Å²) in [6.07, 6.45) is 3.35. The SMILES string of the molecule is CCCCN(C)C(=NCC(=O)N(C)C)NCC1CCOC1.I. The van der Waals surface area contributed by atoms with Crippen LogP contribution >= 0.6 is 24.0 Å². The van der Waals surface area contributed by atoms with E-state index in [2.05, 4.69) is 22.1 Å². The Morgan fingerprint density at radius 1 is 1.36 bits per heavy atom. The van der Waals surface area contributed by atoms with Gasteiger partial charge in [0.2, 0.25) is 5.91 Å². The molecule has 0 aromatic carbocycles. The lowest BCUT2D eigenvalue weighted by Crippen LogP contribution is -2.42. The Labute approximate surface area is 151 Å². The fourth-order valence-corrected chi connectivity index (χ4v) is 2.08. The first kappa shape index (κ1) is 21.4. The second-order valence-corrected chi connectivity index (χ2v) is 5.81. The average molecular weight is 426 g/mol. The maximum Gasteiger partial charge on any atom is 0.243 e. The van der Waals surface area contributed by atoms with Gasteiger partial charge < -0.3 is 19.9 Å². The molecule has 0 saturated carbocycles. The quantitative estimate of drug-likeness (QED) is 0.380. The highest BCUT2D eigenvalue weighted by molar-refractivity contribution is 14.0. The molecule has 22 heavy (non-hydrogen) atoms. The molecule has 1 N–H and O–H groups in total. The van der Waals surface area contributed by atoms with Gasteiger partial charge in [0.25, 0.3) is 0 Å². The minimum absolute atomic E-state index is 0. The topological polar surface area (TPSA) is 57.2 Å². The first-order chi connectivity index (χ1) is 10.0. The Morgan fingerprint density at radius 2 is 2.09 bits per heavy atom. The molecule has 1 heterocycles. The average Bonchev–Trinajstić information content (AvgIpc) is 2.97. The number of hydrogen-bond donors (Lipinski definition) is 1. The number of likely N-dealkylation sites (N-methyl/N-ethyl adjacent to an activating group) is 1. The summed E-state index contributed by atoms with van der Waals surface area (Å²) in [6.45, 7) is 5.82. The van der Waals surface area contributed by atoms with Crippen LogP contribution in [0.5, 0.6) is 0 Å². The Hall–Kier alpha value is -0.570. The van der Waals surface area contributed by atoms with Crippen molar-refractivity contribution < 1.29 is 9.53 Å². The van der Waals surface area contributed by atoms with E-state index in [1.807, 2.05) is 7.05 Å². The Bertz CT molecular complexity index is 344. The molecule has 1 rings (SSSR count). The summed E-state index contributed by atoms with van der Waals surface area (Å²) in [6, 6.07) is 0. The van der Waals surface area contributed by atoms with Crippen LogP contribution in [0.15, 0.2) is 4.99 Å². The molecule has 1 fully saturated rings. The molecule has 1 atom stereocenters. The third-order valence-electron chi connectivity index (χ3n) is 3.64. The first-order valence-corrected chi connectivity index (χ1v) is 7.82. The van der Waals surface area contributed by atoms with Crippen molar-refractivity contribution in [3.8, 4) is 0 Å². The van der Waals surface area contributed by atoms with Crippen molar-refractivity contribution in [2.75, 3.05) is 54.0 Å². The van der Waals surface area contributed by atoms with Crippen molar-refractivity contribution in [3.05, 3.63) is 0 Å². The van der Waals surface area contributed by atoms with E-state index in [0.29, 0.717) is 5.92 Å². The van der Waals surface area contributed by atoms with Gasteiger partial charge in [0.05, 0.1) is 6.61 Å². The molecule has 1 amide bonds. The number of carbonyl (C=O) groups is 1. The predicted octanol–water partition coefficient (Wildman–Crippen LogP) is 1.41. The fourth-order valence-electron chi connectivity index (χ4n) is 2.08. The van der Waals surface area contributed by atoms with Crippen LogP contribution in [0.4, 0.5) is 0 Å². The lowest BCUT2D eigenvalue weighted by molar-refractivity contribution is -0.127. The van der Waals surface area contributed by atoms with Gasteiger partial charge in [-0.15, -0.1) is 24.0 Å². The minimum Gasteiger partial charge on any atom is -0.381 e. The van der Waals surface area contributed by atoms with Gasteiger partial charge in [-0.2, -0.15) is 0 Å². The molecule has 0 bridgehead atoms. The number of unbranched alkanes of at least 4 members (excludes halogenated alkanes) is 1. The number of carbonyl (C=O) groups excluding carboxylic acids is 1. The summed E-state index contributed by atoms with van der Waals surface area (Å²) in [5.74, 6) is 1.37. The van der Waals surface area contributed by atoms with Gasteiger partial charge in [-0.1, -0.05) is 13.3 Å². The Kier molecular flexibility index (Phi) is 11.6. The second kappa shape index (κ2) is 11.9. The van der Waals surface area contributed by atoms with E-state index in [9.17, 15) is 4.79 Å². The molecule has 0 aromatic rings. The van der Waals surface area contributed by atoms with E-state index >= 15 is 0 Å². The summed E-state index contributed by atoms with van der Waals surface area (Å²) in [7, 11) is 5.52. The second-order valence-electron chi connectivity index (χ2n) is 5.81. The molecule has 6 nitrogen and oxygen atoms in total. The molecule has 1 unspecified atom stereocenters. The van der Waals surface area contributed by atoms with Gasteiger partial charge in [0, 0.05) is 46.8 Å². The summed E-state index contributed by atoms with van der Waals surface area (Å²) < 4.78 is 5.39. The number of ether oxygens (including phenoxy) is 1. The summed E-state index contributed by atoms with van der Waals surface area (Å²) in [5, 5.41) is 3.39. The highest BCUT2D eigenvalue weighted by Crippen LogP contribution is 2.10. The number of guanidine groups is 1. The highest BCUT2D eigenvalue weighted by atomic mass is 127. The lowest BCUT2D eigenvalue weighted by atomic mass is 10.1. The highest BCUT2D eigenvalue weighted by Gasteiger charge is 2.17. The van der Waals surface area contributed by atoms with E-state index in [1.54, 1.807) is 19.0 Å². The van der Waals surface area contributed by atoms with Crippen LogP contribution in [0.2, 0.25) is 0 Å². The maximum atomic E-state index is 11.7.